The van der Waals surface area contributed by atoms with Crippen molar-refractivity contribution in [2.45, 2.75) is 51.3 Å². The Morgan fingerprint density at radius 2 is 1.78 bits per heavy atom. The quantitative estimate of drug-likeness (QED) is 0.420. The number of pyridine rings is 1. The van der Waals surface area contributed by atoms with Crippen molar-refractivity contribution < 1.29 is 40.1 Å². The van der Waals surface area contributed by atoms with Crippen molar-refractivity contribution in [1.82, 2.24) is 4.57 Å². The van der Waals surface area contributed by atoms with Gasteiger partial charge >= 0.3 is 21.6 Å². The summed E-state index contributed by atoms with van der Waals surface area (Å²) in [5.41, 5.74) is -8.12. The van der Waals surface area contributed by atoms with Gasteiger partial charge < -0.3 is 13.5 Å². The number of alkyl halides is 3. The second-order valence-corrected chi connectivity index (χ2v) is 8.29. The van der Waals surface area contributed by atoms with Crippen LogP contribution in [-0.2, 0) is 32.6 Å². The summed E-state index contributed by atoms with van der Waals surface area (Å²) in [7, 11) is -6.06. The number of rotatable bonds is 4. The largest absolute Gasteiger partial charge is 0.534 e. The van der Waals surface area contributed by atoms with Crippen LogP contribution in [0.4, 0.5) is 13.2 Å². The lowest BCUT2D eigenvalue weighted by Gasteiger charge is -2.21. The van der Waals surface area contributed by atoms with E-state index in [0.29, 0.717) is 6.07 Å². The monoisotopic (exact) mass is 411 g/mol. The molecule has 0 spiro atoms. The van der Waals surface area contributed by atoms with Crippen LogP contribution in [0.3, 0.4) is 0 Å². The van der Waals surface area contributed by atoms with Crippen molar-refractivity contribution in [3.8, 4) is 5.75 Å². The Kier molecular flexibility index (Phi) is 5.16. The minimum atomic E-state index is -6.06. The number of ketones is 1. The number of aromatic nitrogens is 1. The zero-order chi connectivity index (χ0) is 20.8. The Morgan fingerprint density at radius 3 is 2.30 bits per heavy atom. The summed E-state index contributed by atoms with van der Waals surface area (Å²) in [5.74, 6) is -2.51. The molecule has 0 atom stereocenters. The molecule has 0 aliphatic heterocycles. The Hall–Kier alpha value is -2.37. The van der Waals surface area contributed by atoms with E-state index in [1.165, 1.54) is 0 Å². The van der Waals surface area contributed by atoms with Crippen LogP contribution in [-0.4, -0.2) is 35.8 Å². The molecule has 1 aliphatic rings. The summed E-state index contributed by atoms with van der Waals surface area (Å²) in [6.07, 6.45) is -0.231. The van der Waals surface area contributed by atoms with E-state index in [9.17, 15) is 36.0 Å². The molecule has 0 amide bonds. The normalized spacial score (nSPS) is 14.8. The van der Waals surface area contributed by atoms with Gasteiger partial charge in [-0.25, -0.2) is 0 Å². The molecule has 150 valence electrons. The third-order valence-electron chi connectivity index (χ3n) is 3.44. The van der Waals surface area contributed by atoms with E-state index < -0.39 is 56.4 Å². The van der Waals surface area contributed by atoms with Crippen molar-refractivity contribution in [2.24, 2.45) is 0 Å². The average molecular weight is 411 g/mol. The number of hydrogen-bond donors (Lipinski definition) is 0. The molecule has 0 bridgehead atoms. The molecule has 0 N–H and O–H groups in total. The van der Waals surface area contributed by atoms with Gasteiger partial charge in [-0.05, 0) is 27.2 Å². The number of esters is 1. The standard InChI is InChI=1S/C15H16F3NO7S/c1-14(2,3)25-12(22)7-19-8-4-5-9(20)13(8)10(6-11(19)21)26-27(23,24)15(16,17)18/h6H,4-5,7H2,1-3H3. The summed E-state index contributed by atoms with van der Waals surface area (Å²) in [4.78, 5) is 36.2. The highest BCUT2D eigenvalue weighted by Crippen LogP contribution is 2.33. The van der Waals surface area contributed by atoms with Gasteiger partial charge in [0.2, 0.25) is 0 Å². The number of fused-ring (bicyclic) bond motifs is 1. The highest BCUT2D eigenvalue weighted by molar-refractivity contribution is 7.88. The molecule has 8 nitrogen and oxygen atoms in total. The molecule has 1 aromatic rings. The molecule has 0 aromatic carbocycles. The van der Waals surface area contributed by atoms with Crippen LogP contribution in [0.2, 0.25) is 0 Å². The van der Waals surface area contributed by atoms with Gasteiger partial charge in [0.25, 0.3) is 5.56 Å². The SMILES string of the molecule is CC(C)(C)OC(=O)Cn1c2c(c(OS(=O)(=O)C(F)(F)F)cc1=O)C(=O)CC2. The van der Waals surface area contributed by atoms with E-state index in [1.807, 2.05) is 0 Å². The fraction of sp³-hybridized carbons (Fsp3) is 0.533. The van der Waals surface area contributed by atoms with Crippen LogP contribution in [0.15, 0.2) is 10.9 Å². The van der Waals surface area contributed by atoms with E-state index in [4.69, 9.17) is 4.74 Å². The fourth-order valence-corrected chi connectivity index (χ4v) is 2.96. The molecular formula is C15H16F3NO7S. The summed E-state index contributed by atoms with van der Waals surface area (Å²) in [6.45, 7) is 4.21. The first-order chi connectivity index (χ1) is 12.1. The van der Waals surface area contributed by atoms with Gasteiger partial charge in [-0.1, -0.05) is 0 Å². The first-order valence-electron chi connectivity index (χ1n) is 7.65. The number of carbonyl (C=O) groups is 2. The molecule has 1 aliphatic carbocycles. The molecule has 0 unspecified atom stereocenters. The van der Waals surface area contributed by atoms with E-state index in [1.54, 1.807) is 20.8 Å². The van der Waals surface area contributed by atoms with Crippen LogP contribution in [0, 0.1) is 0 Å². The predicted molar refractivity (Wildman–Crippen MR) is 84.8 cm³/mol. The van der Waals surface area contributed by atoms with E-state index in [0.717, 1.165) is 4.57 Å². The zero-order valence-corrected chi connectivity index (χ0v) is 15.4. The fourth-order valence-electron chi connectivity index (χ4n) is 2.50. The van der Waals surface area contributed by atoms with Crippen molar-refractivity contribution >= 4 is 21.9 Å². The molecule has 1 aromatic heterocycles. The Morgan fingerprint density at radius 1 is 1.19 bits per heavy atom. The van der Waals surface area contributed by atoms with Gasteiger partial charge in [0.15, 0.2) is 11.5 Å². The third kappa shape index (κ3) is 4.49. The lowest BCUT2D eigenvalue weighted by Crippen LogP contribution is -2.33. The third-order valence-corrected chi connectivity index (χ3v) is 4.41. The summed E-state index contributed by atoms with van der Waals surface area (Å²) < 4.78 is 70.0. The molecule has 12 heteroatoms. The molecule has 0 fully saturated rings. The van der Waals surface area contributed by atoms with Gasteiger partial charge in [-0.15, -0.1) is 0 Å². The lowest BCUT2D eigenvalue weighted by molar-refractivity contribution is -0.155. The number of hydrogen-bond acceptors (Lipinski definition) is 7. The summed E-state index contributed by atoms with van der Waals surface area (Å²) in [5, 5.41) is 0. The van der Waals surface area contributed by atoms with Crippen molar-refractivity contribution in [2.75, 3.05) is 0 Å². The minimum Gasteiger partial charge on any atom is -0.459 e. The highest BCUT2D eigenvalue weighted by atomic mass is 32.2. The van der Waals surface area contributed by atoms with Crippen molar-refractivity contribution in [1.29, 1.82) is 0 Å². The molecule has 27 heavy (non-hydrogen) atoms. The zero-order valence-electron chi connectivity index (χ0n) is 14.5. The second kappa shape index (κ2) is 6.66. The Bertz CT molecular complexity index is 955. The highest BCUT2D eigenvalue weighted by Gasteiger charge is 2.49. The molecule has 2 rings (SSSR count). The maximum Gasteiger partial charge on any atom is 0.534 e. The number of ether oxygens (including phenoxy) is 1. The van der Waals surface area contributed by atoms with E-state index >= 15 is 0 Å². The number of carbonyl (C=O) groups excluding carboxylic acids is 2. The topological polar surface area (TPSA) is 109 Å². The minimum absolute atomic E-state index is 0.0600. The molecular weight excluding hydrogens is 395 g/mol. The maximum atomic E-state index is 12.5. The molecule has 0 radical (unpaired) electrons. The molecule has 0 saturated heterocycles. The smallest absolute Gasteiger partial charge is 0.459 e. The number of nitrogens with zero attached hydrogens (tertiary/aromatic N) is 1. The van der Waals surface area contributed by atoms with Gasteiger partial charge in [-0.3, -0.25) is 14.4 Å². The van der Waals surface area contributed by atoms with E-state index in [-0.39, 0.29) is 18.5 Å². The van der Waals surface area contributed by atoms with Crippen molar-refractivity contribution in [3.63, 3.8) is 0 Å². The Labute approximate surface area is 152 Å². The Balaban J connectivity index is 2.50. The first-order valence-corrected chi connectivity index (χ1v) is 9.06. The maximum absolute atomic E-state index is 12.5. The van der Waals surface area contributed by atoms with Gasteiger partial charge in [0.05, 0.1) is 5.56 Å². The van der Waals surface area contributed by atoms with Crippen LogP contribution in [0.25, 0.3) is 0 Å². The van der Waals surface area contributed by atoms with Crippen LogP contribution in [0.5, 0.6) is 5.75 Å². The first kappa shape index (κ1) is 20.9. The molecule has 1 heterocycles. The van der Waals surface area contributed by atoms with Crippen LogP contribution in [0.1, 0.15) is 43.2 Å². The lowest BCUT2D eigenvalue weighted by atomic mass is 10.2. The number of Topliss-reactive ketones (excluding diaryl/α,β-unsaturated/α-hetero) is 1. The predicted octanol–water partition coefficient (Wildman–Crippen LogP) is 1.55. The molecule has 0 saturated carbocycles. The second-order valence-electron chi connectivity index (χ2n) is 6.75. The van der Waals surface area contributed by atoms with Gasteiger partial charge in [0, 0.05) is 18.2 Å². The number of halogens is 3. The summed E-state index contributed by atoms with van der Waals surface area (Å²) >= 11 is 0. The van der Waals surface area contributed by atoms with E-state index in [2.05, 4.69) is 4.18 Å². The van der Waals surface area contributed by atoms with Crippen LogP contribution >= 0.6 is 0 Å². The average Bonchev–Trinajstić information content (AvgIpc) is 2.82. The van der Waals surface area contributed by atoms with Gasteiger partial charge in [0.1, 0.15) is 12.1 Å². The van der Waals surface area contributed by atoms with Gasteiger partial charge in [-0.2, -0.15) is 21.6 Å². The summed E-state index contributed by atoms with van der Waals surface area (Å²) in [6, 6.07) is 0.440. The van der Waals surface area contributed by atoms with Crippen LogP contribution < -0.4 is 9.74 Å². The van der Waals surface area contributed by atoms with Crippen molar-refractivity contribution in [3.05, 3.63) is 27.7 Å².